The first-order valence-corrected chi connectivity index (χ1v) is 10.2. The molecule has 1 aliphatic rings. The summed E-state index contributed by atoms with van der Waals surface area (Å²) in [5, 5.41) is 11.3. The molecular formula is C19H23N7OS. The number of aromatic nitrogens is 4. The van der Waals surface area contributed by atoms with Crippen LogP contribution in [0.5, 0.6) is 0 Å². The number of anilines is 1. The predicted octanol–water partition coefficient (Wildman–Crippen LogP) is 1.89. The predicted molar refractivity (Wildman–Crippen MR) is 108 cm³/mol. The second-order valence-corrected chi connectivity index (χ2v) is 7.81. The van der Waals surface area contributed by atoms with Gasteiger partial charge in [-0.25, -0.2) is 0 Å². The van der Waals surface area contributed by atoms with E-state index in [1.165, 1.54) is 10.4 Å². The van der Waals surface area contributed by atoms with Gasteiger partial charge in [0.25, 0.3) is 5.91 Å². The van der Waals surface area contributed by atoms with Crippen LogP contribution >= 0.6 is 11.3 Å². The highest BCUT2D eigenvalue weighted by Crippen LogP contribution is 2.29. The first-order chi connectivity index (χ1) is 13.6. The molecule has 1 aliphatic heterocycles. The van der Waals surface area contributed by atoms with Crippen LogP contribution in [0, 0.1) is 0 Å². The fourth-order valence-electron chi connectivity index (χ4n) is 3.34. The molecule has 0 bridgehead atoms. The SMILES string of the molecule is CCc1ccc(CN2CCc3c(C(=O)NCc4nc(N)n[nH]4)csc3C2)nc1. The number of carbonyl (C=O) groups excluding carboxylic acids is 1. The average molecular weight is 398 g/mol. The maximum Gasteiger partial charge on any atom is 0.252 e. The minimum absolute atomic E-state index is 0.0854. The molecule has 0 fully saturated rings. The third-order valence-corrected chi connectivity index (χ3v) is 5.93. The zero-order valence-corrected chi connectivity index (χ0v) is 16.6. The summed E-state index contributed by atoms with van der Waals surface area (Å²) in [5.74, 6) is 0.636. The second-order valence-electron chi connectivity index (χ2n) is 6.85. The van der Waals surface area contributed by atoms with Crippen LogP contribution in [0.2, 0.25) is 0 Å². The highest BCUT2D eigenvalue weighted by atomic mass is 32.1. The Morgan fingerprint density at radius 1 is 1.43 bits per heavy atom. The van der Waals surface area contributed by atoms with E-state index in [2.05, 4.69) is 49.4 Å². The molecule has 0 radical (unpaired) electrons. The Morgan fingerprint density at radius 3 is 3.04 bits per heavy atom. The first-order valence-electron chi connectivity index (χ1n) is 9.32. The maximum atomic E-state index is 12.6. The van der Waals surface area contributed by atoms with E-state index < -0.39 is 0 Å². The average Bonchev–Trinajstić information content (AvgIpc) is 3.32. The van der Waals surface area contributed by atoms with Crippen molar-refractivity contribution in [2.75, 3.05) is 12.3 Å². The van der Waals surface area contributed by atoms with Crippen molar-refractivity contribution in [3.63, 3.8) is 0 Å². The van der Waals surface area contributed by atoms with Crippen molar-refractivity contribution < 1.29 is 4.79 Å². The number of aromatic amines is 1. The van der Waals surface area contributed by atoms with Crippen molar-refractivity contribution in [2.24, 2.45) is 0 Å². The van der Waals surface area contributed by atoms with Gasteiger partial charge in [0.05, 0.1) is 17.8 Å². The van der Waals surface area contributed by atoms with E-state index in [-0.39, 0.29) is 18.4 Å². The number of nitrogens with two attached hydrogens (primary N) is 1. The van der Waals surface area contributed by atoms with Crippen molar-refractivity contribution in [3.05, 3.63) is 56.8 Å². The number of nitrogens with one attached hydrogen (secondary N) is 2. The van der Waals surface area contributed by atoms with Crippen LogP contribution in [0.4, 0.5) is 5.95 Å². The number of rotatable bonds is 6. The fraction of sp³-hybridized carbons (Fsp3) is 0.368. The number of hydrogen-bond acceptors (Lipinski definition) is 7. The Hall–Kier alpha value is -2.78. The number of fused-ring (bicyclic) bond motifs is 1. The van der Waals surface area contributed by atoms with Crippen molar-refractivity contribution in [2.45, 2.75) is 39.4 Å². The molecule has 0 unspecified atom stereocenters. The molecule has 4 rings (SSSR count). The molecule has 0 saturated carbocycles. The number of pyridine rings is 1. The second kappa shape index (κ2) is 8.07. The minimum Gasteiger partial charge on any atom is -0.367 e. The van der Waals surface area contributed by atoms with Crippen molar-refractivity contribution >= 4 is 23.2 Å². The number of hydrogen-bond donors (Lipinski definition) is 3. The zero-order chi connectivity index (χ0) is 19.5. The van der Waals surface area contributed by atoms with Crippen molar-refractivity contribution in [1.82, 2.24) is 30.4 Å². The van der Waals surface area contributed by atoms with Crippen LogP contribution < -0.4 is 11.1 Å². The smallest absolute Gasteiger partial charge is 0.252 e. The topological polar surface area (TPSA) is 113 Å². The molecule has 0 aliphatic carbocycles. The van der Waals surface area contributed by atoms with Gasteiger partial charge in [-0.05, 0) is 30.0 Å². The Morgan fingerprint density at radius 2 is 2.32 bits per heavy atom. The molecule has 8 nitrogen and oxygen atoms in total. The Balaban J connectivity index is 1.37. The lowest BCUT2D eigenvalue weighted by molar-refractivity contribution is 0.0948. The van der Waals surface area contributed by atoms with Crippen molar-refractivity contribution in [3.8, 4) is 0 Å². The van der Waals surface area contributed by atoms with E-state index in [0.29, 0.717) is 5.82 Å². The summed E-state index contributed by atoms with van der Waals surface area (Å²) < 4.78 is 0. The van der Waals surface area contributed by atoms with E-state index in [4.69, 9.17) is 5.73 Å². The molecule has 28 heavy (non-hydrogen) atoms. The fourth-order valence-corrected chi connectivity index (χ4v) is 4.46. The molecule has 0 atom stereocenters. The summed E-state index contributed by atoms with van der Waals surface area (Å²) in [6.07, 6.45) is 3.83. The molecule has 146 valence electrons. The standard InChI is InChI=1S/C19H23N7OS/c1-2-12-3-4-13(21-7-12)9-26-6-5-14-15(11-28-16(14)10-26)18(27)22-8-17-23-19(20)25-24-17/h3-4,7,11H,2,5-6,8-10H2,1H3,(H,22,27)(H3,20,23,24,25). The van der Waals surface area contributed by atoms with E-state index in [0.717, 1.165) is 49.3 Å². The van der Waals surface area contributed by atoms with Gasteiger partial charge in [-0.1, -0.05) is 13.0 Å². The van der Waals surface area contributed by atoms with Crippen molar-refractivity contribution in [1.29, 1.82) is 0 Å². The first kappa shape index (κ1) is 18.6. The number of carbonyl (C=O) groups is 1. The summed E-state index contributed by atoms with van der Waals surface area (Å²) in [6, 6.07) is 4.26. The van der Waals surface area contributed by atoms with Gasteiger partial charge >= 0.3 is 0 Å². The van der Waals surface area contributed by atoms with Gasteiger partial charge < -0.3 is 11.1 Å². The Kier molecular flexibility index (Phi) is 5.36. The lowest BCUT2D eigenvalue weighted by Gasteiger charge is -2.26. The van der Waals surface area contributed by atoms with Crippen LogP contribution in [0.15, 0.2) is 23.7 Å². The van der Waals surface area contributed by atoms with Crippen LogP contribution in [-0.4, -0.2) is 37.5 Å². The van der Waals surface area contributed by atoms with Gasteiger partial charge in [-0.15, -0.1) is 16.4 Å². The summed E-state index contributed by atoms with van der Waals surface area (Å²) in [7, 11) is 0. The van der Waals surface area contributed by atoms with E-state index in [9.17, 15) is 4.79 Å². The summed E-state index contributed by atoms with van der Waals surface area (Å²) in [6.45, 7) is 5.01. The molecule has 3 aromatic rings. The Labute approximate surface area is 167 Å². The minimum atomic E-state index is -0.0854. The number of aryl methyl sites for hydroxylation is 1. The molecule has 0 aromatic carbocycles. The normalized spacial score (nSPS) is 14.0. The summed E-state index contributed by atoms with van der Waals surface area (Å²) in [5.41, 5.74) is 9.74. The largest absolute Gasteiger partial charge is 0.367 e. The maximum absolute atomic E-state index is 12.6. The number of nitrogen functional groups attached to an aromatic ring is 1. The van der Waals surface area contributed by atoms with E-state index in [1.807, 2.05) is 11.6 Å². The molecule has 0 saturated heterocycles. The summed E-state index contributed by atoms with van der Waals surface area (Å²) >= 11 is 1.65. The highest BCUT2D eigenvalue weighted by molar-refractivity contribution is 7.10. The molecule has 1 amide bonds. The van der Waals surface area contributed by atoms with Gasteiger partial charge in [0.1, 0.15) is 5.82 Å². The molecule has 3 aromatic heterocycles. The molecular weight excluding hydrogens is 374 g/mol. The van der Waals surface area contributed by atoms with E-state index in [1.54, 1.807) is 11.3 Å². The quantitative estimate of drug-likeness (QED) is 0.585. The lowest BCUT2D eigenvalue weighted by atomic mass is 10.0. The monoisotopic (exact) mass is 397 g/mol. The van der Waals surface area contributed by atoms with Gasteiger partial charge in [0, 0.05) is 36.1 Å². The van der Waals surface area contributed by atoms with E-state index >= 15 is 0 Å². The lowest BCUT2D eigenvalue weighted by Crippen LogP contribution is -2.31. The molecule has 4 heterocycles. The molecule has 4 N–H and O–H groups in total. The highest BCUT2D eigenvalue weighted by Gasteiger charge is 2.24. The van der Waals surface area contributed by atoms with Gasteiger partial charge in [0.2, 0.25) is 5.95 Å². The third kappa shape index (κ3) is 4.05. The van der Waals surface area contributed by atoms with Gasteiger partial charge in [0.15, 0.2) is 0 Å². The van der Waals surface area contributed by atoms with Crippen LogP contribution in [0.3, 0.4) is 0 Å². The number of thiophene rings is 1. The van der Waals surface area contributed by atoms with Gasteiger partial charge in [-0.2, -0.15) is 4.98 Å². The Bertz CT molecular complexity index is 963. The number of nitrogens with zero attached hydrogens (tertiary/aromatic N) is 4. The third-order valence-electron chi connectivity index (χ3n) is 4.92. The molecule has 9 heteroatoms. The van der Waals surface area contributed by atoms with Crippen LogP contribution in [0.25, 0.3) is 0 Å². The summed E-state index contributed by atoms with van der Waals surface area (Å²) in [4.78, 5) is 24.8. The molecule has 0 spiro atoms. The number of amides is 1. The van der Waals surface area contributed by atoms with Crippen LogP contribution in [-0.2, 0) is 32.5 Å². The number of H-pyrrole nitrogens is 1. The zero-order valence-electron chi connectivity index (χ0n) is 15.7. The van der Waals surface area contributed by atoms with Gasteiger partial charge in [-0.3, -0.25) is 19.8 Å². The van der Waals surface area contributed by atoms with Crippen LogP contribution in [0.1, 0.15) is 44.8 Å².